The van der Waals surface area contributed by atoms with Crippen molar-refractivity contribution in [3.8, 4) is 0 Å². The standard InChI is InChI=1S/C14H11Cl2NO2/c15-10-3-1-2-9(6-10)7-12(14(18)19)13-5-4-11(16)8-17-13/h1-6,8,12H,7H2,(H,18,19). The lowest BCUT2D eigenvalue weighted by molar-refractivity contribution is -0.138. The number of aliphatic carboxylic acids is 1. The first-order valence-corrected chi connectivity index (χ1v) is 6.40. The first-order valence-electron chi connectivity index (χ1n) is 5.65. The molecular weight excluding hydrogens is 285 g/mol. The zero-order valence-corrected chi connectivity index (χ0v) is 11.4. The minimum atomic E-state index is -0.921. The van der Waals surface area contributed by atoms with Crippen LogP contribution < -0.4 is 0 Å². The Hall–Kier alpha value is -1.58. The van der Waals surface area contributed by atoms with Crippen LogP contribution in [0.1, 0.15) is 17.2 Å². The molecule has 0 spiro atoms. The fourth-order valence-corrected chi connectivity index (χ4v) is 2.14. The van der Waals surface area contributed by atoms with E-state index in [0.29, 0.717) is 22.2 Å². The Kier molecular flexibility index (Phi) is 4.40. The van der Waals surface area contributed by atoms with Crippen molar-refractivity contribution in [2.45, 2.75) is 12.3 Å². The number of rotatable bonds is 4. The van der Waals surface area contributed by atoms with Crippen molar-refractivity contribution in [3.63, 3.8) is 0 Å². The van der Waals surface area contributed by atoms with Gasteiger partial charge in [-0.25, -0.2) is 0 Å². The van der Waals surface area contributed by atoms with Crippen molar-refractivity contribution in [2.75, 3.05) is 0 Å². The van der Waals surface area contributed by atoms with Gasteiger partial charge in [0.25, 0.3) is 0 Å². The van der Waals surface area contributed by atoms with E-state index in [9.17, 15) is 9.90 Å². The molecule has 1 heterocycles. The quantitative estimate of drug-likeness (QED) is 0.933. The fourth-order valence-electron chi connectivity index (χ4n) is 1.81. The molecule has 98 valence electrons. The van der Waals surface area contributed by atoms with Crippen LogP contribution in [0.25, 0.3) is 0 Å². The van der Waals surface area contributed by atoms with Crippen LogP contribution in [0, 0.1) is 0 Å². The van der Waals surface area contributed by atoms with E-state index in [2.05, 4.69) is 4.98 Å². The van der Waals surface area contributed by atoms with E-state index in [1.54, 1.807) is 30.3 Å². The third-order valence-corrected chi connectivity index (χ3v) is 3.19. The SMILES string of the molecule is O=C(O)C(Cc1cccc(Cl)c1)c1ccc(Cl)cn1. The van der Waals surface area contributed by atoms with Gasteiger partial charge in [-0.1, -0.05) is 35.3 Å². The molecule has 0 saturated carbocycles. The van der Waals surface area contributed by atoms with Crippen LogP contribution in [0.5, 0.6) is 0 Å². The summed E-state index contributed by atoms with van der Waals surface area (Å²) in [5.74, 6) is -1.63. The molecule has 3 nitrogen and oxygen atoms in total. The highest BCUT2D eigenvalue weighted by Crippen LogP contribution is 2.22. The molecule has 19 heavy (non-hydrogen) atoms. The molecule has 0 fully saturated rings. The zero-order chi connectivity index (χ0) is 13.8. The normalized spacial score (nSPS) is 12.1. The Morgan fingerprint density at radius 1 is 1.21 bits per heavy atom. The second-order valence-corrected chi connectivity index (χ2v) is 5.00. The molecule has 1 aromatic carbocycles. The maximum atomic E-state index is 11.4. The maximum Gasteiger partial charge on any atom is 0.312 e. The van der Waals surface area contributed by atoms with E-state index in [-0.39, 0.29) is 0 Å². The monoisotopic (exact) mass is 295 g/mol. The molecule has 0 bridgehead atoms. The topological polar surface area (TPSA) is 50.2 Å². The van der Waals surface area contributed by atoms with Crippen molar-refractivity contribution in [1.82, 2.24) is 4.98 Å². The van der Waals surface area contributed by atoms with E-state index in [1.807, 2.05) is 6.07 Å². The number of halogens is 2. The second kappa shape index (κ2) is 6.04. The van der Waals surface area contributed by atoms with Gasteiger partial charge in [-0.3, -0.25) is 9.78 Å². The van der Waals surface area contributed by atoms with Gasteiger partial charge in [0.1, 0.15) is 5.92 Å². The molecule has 1 N–H and O–H groups in total. The van der Waals surface area contributed by atoms with Gasteiger partial charge in [0.15, 0.2) is 0 Å². The molecule has 2 aromatic rings. The summed E-state index contributed by atoms with van der Waals surface area (Å²) in [5, 5.41) is 10.4. The van der Waals surface area contributed by atoms with Crippen LogP contribution in [-0.4, -0.2) is 16.1 Å². The number of carboxylic acids is 1. The number of carboxylic acid groups (broad SMARTS) is 1. The third-order valence-electron chi connectivity index (χ3n) is 2.73. The summed E-state index contributed by atoms with van der Waals surface area (Å²) in [6.07, 6.45) is 1.79. The van der Waals surface area contributed by atoms with Gasteiger partial charge in [0, 0.05) is 11.2 Å². The molecule has 1 atom stereocenters. The number of hydrogen-bond acceptors (Lipinski definition) is 2. The number of hydrogen-bond donors (Lipinski definition) is 1. The Morgan fingerprint density at radius 2 is 2.00 bits per heavy atom. The molecular formula is C14H11Cl2NO2. The average Bonchev–Trinajstić information content (AvgIpc) is 2.37. The first kappa shape index (κ1) is 13.8. The lowest BCUT2D eigenvalue weighted by Gasteiger charge is -2.12. The molecule has 0 aliphatic heterocycles. The number of benzene rings is 1. The highest BCUT2D eigenvalue weighted by molar-refractivity contribution is 6.30. The summed E-state index contributed by atoms with van der Waals surface area (Å²) < 4.78 is 0. The summed E-state index contributed by atoms with van der Waals surface area (Å²) in [6, 6.07) is 10.4. The van der Waals surface area contributed by atoms with Crippen LogP contribution in [0.4, 0.5) is 0 Å². The number of pyridine rings is 1. The predicted octanol–water partition coefficient (Wildman–Crippen LogP) is 3.80. The Morgan fingerprint density at radius 3 is 2.58 bits per heavy atom. The van der Waals surface area contributed by atoms with Crippen LogP contribution in [0.15, 0.2) is 42.6 Å². The van der Waals surface area contributed by atoms with Gasteiger partial charge < -0.3 is 5.11 Å². The number of nitrogens with zero attached hydrogens (tertiary/aromatic N) is 1. The molecule has 0 saturated heterocycles. The van der Waals surface area contributed by atoms with Crippen molar-refractivity contribution in [3.05, 3.63) is 63.9 Å². The van der Waals surface area contributed by atoms with Crippen LogP contribution in [0.2, 0.25) is 10.0 Å². The van der Waals surface area contributed by atoms with Gasteiger partial charge in [0.05, 0.1) is 10.7 Å². The van der Waals surface area contributed by atoms with Crippen LogP contribution >= 0.6 is 23.2 Å². The highest BCUT2D eigenvalue weighted by Gasteiger charge is 2.21. The molecule has 1 aromatic heterocycles. The Labute approximate surface area is 120 Å². The van der Waals surface area contributed by atoms with Crippen molar-refractivity contribution in [2.24, 2.45) is 0 Å². The number of carbonyl (C=O) groups is 1. The van der Waals surface area contributed by atoms with Crippen molar-refractivity contribution < 1.29 is 9.90 Å². The van der Waals surface area contributed by atoms with Gasteiger partial charge in [0.2, 0.25) is 0 Å². The van der Waals surface area contributed by atoms with Gasteiger partial charge in [-0.2, -0.15) is 0 Å². The number of aromatic nitrogens is 1. The summed E-state index contributed by atoms with van der Waals surface area (Å²) in [4.78, 5) is 15.4. The lowest BCUT2D eigenvalue weighted by atomic mass is 9.96. The molecule has 5 heteroatoms. The average molecular weight is 296 g/mol. The van der Waals surface area contributed by atoms with Crippen LogP contribution in [0.3, 0.4) is 0 Å². The molecule has 0 aliphatic carbocycles. The van der Waals surface area contributed by atoms with Crippen LogP contribution in [-0.2, 0) is 11.2 Å². The zero-order valence-electron chi connectivity index (χ0n) is 9.88. The minimum absolute atomic E-state index is 0.338. The molecule has 0 radical (unpaired) electrons. The largest absolute Gasteiger partial charge is 0.481 e. The smallest absolute Gasteiger partial charge is 0.312 e. The van der Waals surface area contributed by atoms with E-state index in [0.717, 1.165) is 5.56 Å². The second-order valence-electron chi connectivity index (χ2n) is 4.13. The van der Waals surface area contributed by atoms with E-state index < -0.39 is 11.9 Å². The first-order chi connectivity index (χ1) is 9.06. The minimum Gasteiger partial charge on any atom is -0.481 e. The summed E-state index contributed by atoms with van der Waals surface area (Å²) in [7, 11) is 0. The van der Waals surface area contributed by atoms with Gasteiger partial charge in [-0.05, 0) is 36.2 Å². The molecule has 1 unspecified atom stereocenters. The van der Waals surface area contributed by atoms with E-state index >= 15 is 0 Å². The third kappa shape index (κ3) is 3.69. The maximum absolute atomic E-state index is 11.4. The van der Waals surface area contributed by atoms with Crippen molar-refractivity contribution in [1.29, 1.82) is 0 Å². The Balaban J connectivity index is 2.26. The van der Waals surface area contributed by atoms with E-state index in [1.165, 1.54) is 6.20 Å². The summed E-state index contributed by atoms with van der Waals surface area (Å²) >= 11 is 11.6. The molecule has 2 rings (SSSR count). The fraction of sp³-hybridized carbons (Fsp3) is 0.143. The highest BCUT2D eigenvalue weighted by atomic mass is 35.5. The Bertz CT molecular complexity index is 584. The lowest BCUT2D eigenvalue weighted by Crippen LogP contribution is -2.15. The van der Waals surface area contributed by atoms with Gasteiger partial charge in [-0.15, -0.1) is 0 Å². The van der Waals surface area contributed by atoms with Gasteiger partial charge >= 0.3 is 5.97 Å². The summed E-state index contributed by atoms with van der Waals surface area (Å²) in [5.41, 5.74) is 1.34. The molecule has 0 aliphatic rings. The van der Waals surface area contributed by atoms with Crippen molar-refractivity contribution >= 4 is 29.2 Å². The van der Waals surface area contributed by atoms with E-state index in [4.69, 9.17) is 23.2 Å². The molecule has 0 amide bonds. The predicted molar refractivity (Wildman–Crippen MR) is 74.8 cm³/mol. The summed E-state index contributed by atoms with van der Waals surface area (Å²) in [6.45, 7) is 0.